The standard InChI is InChI=1S/C22H26Cl2N6O5/c1-5-35-22(32)16-15(12-7-6-8-13(23)17(12)24)14(21(31)34-4)11(2)26-18(16)19(33-3)20-27-29-30(28-20)10-9-25/h6-8,15,19,26H,5,9-10,25H2,1-4H3. The number of rotatable bonds is 9. The Morgan fingerprint density at radius 3 is 2.60 bits per heavy atom. The Bertz CT molecular complexity index is 1180. The molecule has 0 bridgehead atoms. The number of methoxy groups -OCH3 is 2. The molecule has 11 nitrogen and oxygen atoms in total. The molecule has 3 N–H and O–H groups in total. The van der Waals surface area contributed by atoms with Gasteiger partial charge in [0.2, 0.25) is 5.82 Å². The maximum absolute atomic E-state index is 13.4. The van der Waals surface area contributed by atoms with Crippen molar-refractivity contribution in [3.05, 3.63) is 62.2 Å². The number of tetrazole rings is 1. The number of halogens is 2. The number of hydrogen-bond donors (Lipinski definition) is 2. The molecule has 0 amide bonds. The Morgan fingerprint density at radius 1 is 1.23 bits per heavy atom. The third kappa shape index (κ3) is 5.32. The molecule has 2 aromatic rings. The molecule has 35 heavy (non-hydrogen) atoms. The van der Waals surface area contributed by atoms with Crippen molar-refractivity contribution < 1.29 is 23.8 Å². The van der Waals surface area contributed by atoms with E-state index in [0.717, 1.165) is 0 Å². The molecule has 2 unspecified atom stereocenters. The summed E-state index contributed by atoms with van der Waals surface area (Å²) in [5.74, 6) is -2.16. The van der Waals surface area contributed by atoms with Gasteiger partial charge in [-0.05, 0) is 30.7 Å². The maximum Gasteiger partial charge on any atom is 0.336 e. The predicted octanol–water partition coefficient (Wildman–Crippen LogP) is 2.28. The molecule has 1 aliphatic rings. The zero-order chi connectivity index (χ0) is 25.7. The van der Waals surface area contributed by atoms with Gasteiger partial charge in [-0.25, -0.2) is 9.59 Å². The molecule has 13 heteroatoms. The molecule has 0 fully saturated rings. The molecule has 0 radical (unpaired) electrons. The lowest BCUT2D eigenvalue weighted by molar-refractivity contribution is -0.139. The average molecular weight is 525 g/mol. The number of carbonyl (C=O) groups excluding carboxylic acids is 2. The van der Waals surface area contributed by atoms with Gasteiger partial charge in [0.1, 0.15) is 0 Å². The normalized spacial score (nSPS) is 16.7. The fourth-order valence-corrected chi connectivity index (χ4v) is 4.27. The number of carbonyl (C=O) groups is 2. The zero-order valence-electron chi connectivity index (χ0n) is 19.7. The summed E-state index contributed by atoms with van der Waals surface area (Å²) in [5.41, 5.74) is 6.92. The first-order chi connectivity index (χ1) is 16.8. The van der Waals surface area contributed by atoms with Crippen molar-refractivity contribution in [2.75, 3.05) is 27.4 Å². The molecule has 1 aromatic carbocycles. The van der Waals surface area contributed by atoms with Crippen LogP contribution in [0.5, 0.6) is 0 Å². The van der Waals surface area contributed by atoms with E-state index in [0.29, 0.717) is 24.4 Å². The zero-order valence-corrected chi connectivity index (χ0v) is 21.2. The van der Waals surface area contributed by atoms with Crippen molar-refractivity contribution in [1.29, 1.82) is 0 Å². The van der Waals surface area contributed by atoms with E-state index >= 15 is 0 Å². The van der Waals surface area contributed by atoms with Crippen molar-refractivity contribution in [2.45, 2.75) is 32.4 Å². The fourth-order valence-electron chi connectivity index (χ4n) is 3.85. The molecule has 2 heterocycles. The van der Waals surface area contributed by atoms with Crippen LogP contribution in [0.15, 0.2) is 40.7 Å². The van der Waals surface area contributed by atoms with Crippen LogP contribution in [0, 0.1) is 0 Å². The van der Waals surface area contributed by atoms with Crippen LogP contribution in [0.3, 0.4) is 0 Å². The molecule has 0 saturated heterocycles. The predicted molar refractivity (Wildman–Crippen MR) is 127 cm³/mol. The van der Waals surface area contributed by atoms with Gasteiger partial charge < -0.3 is 25.3 Å². The minimum absolute atomic E-state index is 0.0732. The summed E-state index contributed by atoms with van der Waals surface area (Å²) >= 11 is 12.9. The number of aromatic nitrogens is 4. The van der Waals surface area contributed by atoms with Gasteiger partial charge in [-0.3, -0.25) is 0 Å². The molecule has 0 spiro atoms. The Balaban J connectivity index is 2.32. The van der Waals surface area contributed by atoms with Crippen LogP contribution in [0.1, 0.15) is 37.3 Å². The summed E-state index contributed by atoms with van der Waals surface area (Å²) in [6.45, 7) is 4.08. The lowest BCUT2D eigenvalue weighted by Gasteiger charge is -2.33. The van der Waals surface area contributed by atoms with Crippen LogP contribution in [0.25, 0.3) is 0 Å². The van der Waals surface area contributed by atoms with E-state index in [1.165, 1.54) is 19.0 Å². The first-order valence-electron chi connectivity index (χ1n) is 10.7. The number of benzene rings is 1. The molecule has 1 aliphatic heterocycles. The van der Waals surface area contributed by atoms with Crippen molar-refractivity contribution >= 4 is 35.1 Å². The van der Waals surface area contributed by atoms with Gasteiger partial charge in [0, 0.05) is 19.4 Å². The van der Waals surface area contributed by atoms with Crippen molar-refractivity contribution in [3.63, 3.8) is 0 Å². The van der Waals surface area contributed by atoms with Crippen LogP contribution in [-0.2, 0) is 30.3 Å². The number of nitrogens with one attached hydrogen (secondary N) is 1. The van der Waals surface area contributed by atoms with E-state index in [-0.39, 0.29) is 39.3 Å². The molecular formula is C22H26Cl2N6O5. The molecule has 0 saturated carbocycles. The summed E-state index contributed by atoms with van der Waals surface area (Å²) < 4.78 is 16.1. The molecule has 0 aliphatic carbocycles. The minimum Gasteiger partial charge on any atom is -0.466 e. The summed E-state index contributed by atoms with van der Waals surface area (Å²) in [5, 5.41) is 15.9. The first kappa shape index (κ1) is 26.6. The van der Waals surface area contributed by atoms with Crippen molar-refractivity contribution in [1.82, 2.24) is 25.5 Å². The monoisotopic (exact) mass is 524 g/mol. The number of allylic oxidation sites excluding steroid dienone is 1. The van der Waals surface area contributed by atoms with Gasteiger partial charge in [0.05, 0.1) is 53.1 Å². The van der Waals surface area contributed by atoms with E-state index < -0.39 is 24.0 Å². The van der Waals surface area contributed by atoms with E-state index in [1.807, 2.05) is 0 Å². The van der Waals surface area contributed by atoms with E-state index in [9.17, 15) is 9.59 Å². The highest BCUT2D eigenvalue weighted by Crippen LogP contribution is 2.45. The molecule has 3 rings (SSSR count). The quantitative estimate of drug-likeness (QED) is 0.468. The summed E-state index contributed by atoms with van der Waals surface area (Å²) in [6, 6.07) is 4.95. The Morgan fingerprint density at radius 2 is 1.97 bits per heavy atom. The van der Waals surface area contributed by atoms with Crippen molar-refractivity contribution in [3.8, 4) is 0 Å². The maximum atomic E-state index is 13.4. The van der Waals surface area contributed by atoms with Crippen molar-refractivity contribution in [2.24, 2.45) is 5.73 Å². The van der Waals surface area contributed by atoms with Crippen LogP contribution >= 0.6 is 23.2 Å². The van der Waals surface area contributed by atoms with Crippen LogP contribution in [0.2, 0.25) is 10.0 Å². The Kier molecular flexibility index (Phi) is 8.84. The number of nitrogens with zero attached hydrogens (tertiary/aromatic N) is 4. The number of ether oxygens (including phenoxy) is 3. The van der Waals surface area contributed by atoms with Gasteiger partial charge >= 0.3 is 11.9 Å². The lowest BCUT2D eigenvalue weighted by Crippen LogP contribution is -2.36. The first-order valence-corrected chi connectivity index (χ1v) is 11.5. The van der Waals surface area contributed by atoms with Crippen LogP contribution in [-0.4, -0.2) is 59.5 Å². The average Bonchev–Trinajstić information content (AvgIpc) is 3.29. The summed E-state index contributed by atoms with van der Waals surface area (Å²) in [6.07, 6.45) is -0.962. The highest BCUT2D eigenvalue weighted by atomic mass is 35.5. The highest BCUT2D eigenvalue weighted by molar-refractivity contribution is 6.42. The summed E-state index contributed by atoms with van der Waals surface area (Å²) in [7, 11) is 2.68. The smallest absolute Gasteiger partial charge is 0.336 e. The molecule has 1 aromatic heterocycles. The van der Waals surface area contributed by atoms with Gasteiger partial charge in [0.15, 0.2) is 6.10 Å². The number of dihydropyridines is 1. The van der Waals surface area contributed by atoms with Crippen LogP contribution < -0.4 is 11.1 Å². The fraction of sp³-hybridized carbons (Fsp3) is 0.409. The third-order valence-corrected chi connectivity index (χ3v) is 6.15. The molecular weight excluding hydrogens is 499 g/mol. The highest BCUT2D eigenvalue weighted by Gasteiger charge is 2.42. The van der Waals surface area contributed by atoms with Crippen LogP contribution in [0.4, 0.5) is 0 Å². The van der Waals surface area contributed by atoms with E-state index in [2.05, 4.69) is 20.7 Å². The second kappa shape index (κ2) is 11.6. The molecule has 2 atom stereocenters. The van der Waals surface area contributed by atoms with Gasteiger partial charge in [-0.15, -0.1) is 10.2 Å². The third-order valence-electron chi connectivity index (χ3n) is 5.32. The van der Waals surface area contributed by atoms with Gasteiger partial charge in [-0.1, -0.05) is 35.3 Å². The second-order valence-electron chi connectivity index (χ2n) is 7.43. The largest absolute Gasteiger partial charge is 0.466 e. The summed E-state index contributed by atoms with van der Waals surface area (Å²) in [4.78, 5) is 27.7. The van der Waals surface area contributed by atoms with E-state index in [4.69, 9.17) is 43.1 Å². The SMILES string of the molecule is CCOC(=O)C1=C(C(OC)c2nnn(CCN)n2)NC(C)=C(C(=O)OC)C1c1cccc(Cl)c1Cl. The number of nitrogens with two attached hydrogens (primary N) is 1. The Labute approximate surface area is 212 Å². The minimum atomic E-state index is -0.985. The molecule has 188 valence electrons. The lowest BCUT2D eigenvalue weighted by atomic mass is 9.79. The van der Waals surface area contributed by atoms with Gasteiger partial charge in [-0.2, -0.15) is 4.80 Å². The number of hydrogen-bond acceptors (Lipinski definition) is 10. The second-order valence-corrected chi connectivity index (χ2v) is 8.21. The van der Waals surface area contributed by atoms with Gasteiger partial charge in [0.25, 0.3) is 0 Å². The Hall–Kier alpha value is -2.99. The number of esters is 2. The van der Waals surface area contributed by atoms with E-state index in [1.54, 1.807) is 32.0 Å². The topological polar surface area (TPSA) is 143 Å².